The van der Waals surface area contributed by atoms with Crippen LogP contribution in [0.4, 0.5) is 0 Å². The van der Waals surface area contributed by atoms with E-state index in [0.717, 1.165) is 32.7 Å². The van der Waals surface area contributed by atoms with Gasteiger partial charge in [-0.05, 0) is 60.0 Å². The molecule has 1 heterocycles. The second-order valence-corrected chi connectivity index (χ2v) is 6.75. The first-order valence-electron chi connectivity index (χ1n) is 7.96. The predicted octanol–water partition coefficient (Wildman–Crippen LogP) is 5.58. The number of fused-ring (bicyclic) bond motifs is 1. The maximum Gasteiger partial charge on any atom is 0.119 e. The summed E-state index contributed by atoms with van der Waals surface area (Å²) in [6.07, 6.45) is 2.11. The van der Waals surface area contributed by atoms with Crippen molar-refractivity contribution in [2.24, 2.45) is 0 Å². The quantitative estimate of drug-likeness (QED) is 0.523. The van der Waals surface area contributed by atoms with Crippen molar-refractivity contribution in [3.05, 3.63) is 79.0 Å². The molecule has 1 N–H and O–H groups in total. The van der Waals surface area contributed by atoms with E-state index in [1.165, 1.54) is 0 Å². The Kier molecular flexibility index (Phi) is 4.12. The Bertz CT molecular complexity index is 1020. The zero-order valence-corrected chi connectivity index (χ0v) is 14.5. The molecule has 25 heavy (non-hydrogen) atoms. The molecule has 0 saturated carbocycles. The van der Waals surface area contributed by atoms with Crippen LogP contribution in [0, 0.1) is 0 Å². The lowest BCUT2D eigenvalue weighted by Gasteiger charge is -2.04. The minimum atomic E-state index is 0.263. The van der Waals surface area contributed by atoms with Gasteiger partial charge in [0.1, 0.15) is 11.5 Å². The lowest BCUT2D eigenvalue weighted by Crippen LogP contribution is -1.84. The fourth-order valence-electron chi connectivity index (χ4n) is 2.88. The lowest BCUT2D eigenvalue weighted by molar-refractivity contribution is 0.415. The zero-order valence-electron chi connectivity index (χ0n) is 13.7. The second kappa shape index (κ2) is 6.57. The third kappa shape index (κ3) is 3.08. The van der Waals surface area contributed by atoms with Crippen LogP contribution in [0.1, 0.15) is 0 Å². The fraction of sp³-hybridized carbons (Fsp3) is 0.0476. The molecule has 3 nitrogen and oxygen atoms in total. The summed E-state index contributed by atoms with van der Waals surface area (Å²) in [4.78, 5) is 1.16. The number of hydrogen-bond acceptors (Lipinski definition) is 3. The molecule has 0 unspecified atom stereocenters. The average Bonchev–Trinajstić information content (AvgIpc) is 3.00. The molecule has 0 radical (unpaired) electrons. The zero-order chi connectivity index (χ0) is 17.2. The molecule has 0 fully saturated rings. The summed E-state index contributed by atoms with van der Waals surface area (Å²) in [5.74, 6) is 1.08. The highest BCUT2D eigenvalue weighted by atomic mass is 32.2. The van der Waals surface area contributed by atoms with Crippen molar-refractivity contribution in [2.45, 2.75) is 4.90 Å². The molecule has 1 aromatic heterocycles. The molecule has 0 aliphatic carbocycles. The van der Waals surface area contributed by atoms with E-state index in [4.69, 9.17) is 4.74 Å². The average molecular weight is 347 g/mol. The topological polar surface area (TPSA) is 34.4 Å². The van der Waals surface area contributed by atoms with Crippen LogP contribution in [0.15, 0.2) is 83.9 Å². The van der Waals surface area contributed by atoms with E-state index in [0.29, 0.717) is 0 Å². The van der Waals surface area contributed by atoms with Gasteiger partial charge in [0.2, 0.25) is 0 Å². The Morgan fingerprint density at radius 3 is 2.56 bits per heavy atom. The molecule has 0 amide bonds. The van der Waals surface area contributed by atoms with Crippen molar-refractivity contribution in [1.82, 2.24) is 3.97 Å². The van der Waals surface area contributed by atoms with E-state index >= 15 is 0 Å². The molecule has 0 spiro atoms. The summed E-state index contributed by atoms with van der Waals surface area (Å²) < 4.78 is 7.49. The molecule has 4 aromatic rings. The molecule has 0 aliphatic rings. The van der Waals surface area contributed by atoms with Crippen molar-refractivity contribution in [2.75, 3.05) is 7.11 Å². The van der Waals surface area contributed by atoms with E-state index in [9.17, 15) is 5.11 Å². The Balaban J connectivity index is 1.87. The van der Waals surface area contributed by atoms with Crippen LogP contribution in [0.2, 0.25) is 0 Å². The van der Waals surface area contributed by atoms with Crippen LogP contribution in [-0.2, 0) is 0 Å². The predicted molar refractivity (Wildman–Crippen MR) is 103 cm³/mol. The van der Waals surface area contributed by atoms with Crippen molar-refractivity contribution in [1.29, 1.82) is 0 Å². The maximum absolute atomic E-state index is 9.96. The SMILES string of the molecule is COc1cccc(-c2cn(Sc3ccccc3)c3ccc(O)cc23)c1. The minimum Gasteiger partial charge on any atom is -0.508 e. The van der Waals surface area contributed by atoms with Crippen molar-refractivity contribution in [3.63, 3.8) is 0 Å². The summed E-state index contributed by atoms with van der Waals surface area (Å²) in [5.41, 5.74) is 3.18. The number of hydrogen-bond donors (Lipinski definition) is 1. The first-order valence-corrected chi connectivity index (χ1v) is 8.74. The van der Waals surface area contributed by atoms with Gasteiger partial charge in [-0.15, -0.1) is 0 Å². The maximum atomic E-state index is 9.96. The highest BCUT2D eigenvalue weighted by Gasteiger charge is 2.13. The molecule has 0 atom stereocenters. The standard InChI is InChI=1S/C21H17NO2S/c1-24-17-7-5-6-15(12-17)20-14-22(25-18-8-3-2-4-9-18)21-11-10-16(23)13-19(20)21/h2-14,23H,1H3. The Morgan fingerprint density at radius 2 is 1.76 bits per heavy atom. The smallest absolute Gasteiger partial charge is 0.119 e. The Hall–Kier alpha value is -2.85. The molecule has 4 heteroatoms. The minimum absolute atomic E-state index is 0.263. The molecule has 124 valence electrons. The van der Waals surface area contributed by atoms with E-state index in [1.807, 2.05) is 48.5 Å². The highest BCUT2D eigenvalue weighted by molar-refractivity contribution is 7.98. The number of ether oxygens (including phenoxy) is 1. The number of phenols is 1. The molecule has 0 saturated heterocycles. The molecular weight excluding hydrogens is 330 g/mol. The largest absolute Gasteiger partial charge is 0.508 e. The van der Waals surface area contributed by atoms with Crippen molar-refractivity contribution in [3.8, 4) is 22.6 Å². The van der Waals surface area contributed by atoms with Gasteiger partial charge in [0.15, 0.2) is 0 Å². The number of aromatic nitrogens is 1. The van der Waals surface area contributed by atoms with Gasteiger partial charge in [0, 0.05) is 22.0 Å². The number of methoxy groups -OCH3 is 1. The van der Waals surface area contributed by atoms with Gasteiger partial charge in [-0.2, -0.15) is 0 Å². The van der Waals surface area contributed by atoms with Crippen LogP contribution in [0.3, 0.4) is 0 Å². The van der Waals surface area contributed by atoms with Crippen LogP contribution in [0.25, 0.3) is 22.0 Å². The molecule has 3 aromatic carbocycles. The number of aromatic hydroxyl groups is 1. The lowest BCUT2D eigenvalue weighted by atomic mass is 10.0. The van der Waals surface area contributed by atoms with Crippen LogP contribution >= 0.6 is 11.9 Å². The van der Waals surface area contributed by atoms with Crippen molar-refractivity contribution >= 4 is 22.9 Å². The summed E-state index contributed by atoms with van der Waals surface area (Å²) in [6.45, 7) is 0. The summed E-state index contributed by atoms with van der Waals surface area (Å²) in [5, 5.41) is 11.0. The van der Waals surface area contributed by atoms with Gasteiger partial charge >= 0.3 is 0 Å². The van der Waals surface area contributed by atoms with Crippen LogP contribution in [0.5, 0.6) is 11.5 Å². The highest BCUT2D eigenvalue weighted by Crippen LogP contribution is 2.37. The normalized spacial score (nSPS) is 10.9. The summed E-state index contributed by atoms with van der Waals surface area (Å²) in [7, 11) is 1.67. The van der Waals surface area contributed by atoms with Crippen LogP contribution in [-0.4, -0.2) is 16.2 Å². The van der Waals surface area contributed by atoms with Crippen LogP contribution < -0.4 is 4.74 Å². The summed E-state index contributed by atoms with van der Waals surface area (Å²) in [6, 6.07) is 23.7. The first kappa shape index (κ1) is 15.7. The molecule has 0 aliphatic heterocycles. The van der Waals surface area contributed by atoms with Gasteiger partial charge in [0.25, 0.3) is 0 Å². The molecular formula is C21H17NO2S. The number of benzene rings is 3. The van der Waals surface area contributed by atoms with Gasteiger partial charge in [-0.25, -0.2) is 0 Å². The van der Waals surface area contributed by atoms with Gasteiger partial charge in [-0.1, -0.05) is 30.3 Å². The van der Waals surface area contributed by atoms with Gasteiger partial charge in [-0.3, -0.25) is 3.97 Å². The third-order valence-electron chi connectivity index (χ3n) is 4.08. The summed E-state index contributed by atoms with van der Waals surface area (Å²) >= 11 is 1.65. The second-order valence-electron chi connectivity index (χ2n) is 5.71. The van der Waals surface area contributed by atoms with E-state index < -0.39 is 0 Å². The Labute approximate surface area is 150 Å². The van der Waals surface area contributed by atoms with E-state index in [2.05, 4.69) is 28.4 Å². The number of rotatable bonds is 4. The van der Waals surface area contributed by atoms with E-state index in [1.54, 1.807) is 25.1 Å². The van der Waals surface area contributed by atoms with Crippen molar-refractivity contribution < 1.29 is 9.84 Å². The monoisotopic (exact) mass is 347 g/mol. The van der Waals surface area contributed by atoms with Gasteiger partial charge in [0.05, 0.1) is 12.6 Å². The molecule has 0 bridgehead atoms. The first-order chi connectivity index (χ1) is 12.2. The Morgan fingerprint density at radius 1 is 0.920 bits per heavy atom. The molecule has 4 rings (SSSR count). The third-order valence-corrected chi connectivity index (χ3v) is 5.06. The number of phenolic OH excluding ortho intramolecular Hbond substituents is 1. The fourth-order valence-corrected chi connectivity index (χ4v) is 3.80. The van der Waals surface area contributed by atoms with Gasteiger partial charge < -0.3 is 9.84 Å². The number of nitrogens with zero attached hydrogens (tertiary/aromatic N) is 1. The van der Waals surface area contributed by atoms with E-state index in [-0.39, 0.29) is 5.75 Å².